The molecule has 0 saturated carbocycles. The van der Waals surface area contributed by atoms with Gasteiger partial charge in [0.2, 0.25) is 5.91 Å². The second kappa shape index (κ2) is 3.24. The number of nitrogens with one attached hydrogen (secondary N) is 3. The highest BCUT2D eigenvalue weighted by molar-refractivity contribution is 5.90. The summed E-state index contributed by atoms with van der Waals surface area (Å²) in [6.07, 6.45) is 0. The lowest BCUT2D eigenvalue weighted by Crippen LogP contribution is -2.50. The molecule has 0 aromatic rings. The SMILES string of the molecule is CC(C)(C)NC(=O)C1CNC(=O)N1. The van der Waals surface area contributed by atoms with Crippen molar-refractivity contribution < 1.29 is 9.59 Å². The third-order valence-corrected chi connectivity index (χ3v) is 1.59. The molecule has 1 saturated heterocycles. The van der Waals surface area contributed by atoms with Gasteiger partial charge in [0.25, 0.3) is 0 Å². The molecule has 1 atom stereocenters. The van der Waals surface area contributed by atoms with Gasteiger partial charge in [-0.25, -0.2) is 4.79 Å². The van der Waals surface area contributed by atoms with Crippen LogP contribution in [0, 0.1) is 0 Å². The maximum absolute atomic E-state index is 11.4. The molecule has 1 heterocycles. The van der Waals surface area contributed by atoms with Crippen LogP contribution in [-0.2, 0) is 4.79 Å². The Bertz CT molecular complexity index is 232. The predicted molar refractivity (Wildman–Crippen MR) is 48.2 cm³/mol. The Labute approximate surface area is 77.3 Å². The summed E-state index contributed by atoms with van der Waals surface area (Å²) in [5.41, 5.74) is -0.260. The highest BCUT2D eigenvalue weighted by atomic mass is 16.2. The maximum atomic E-state index is 11.4. The third-order valence-electron chi connectivity index (χ3n) is 1.59. The molecule has 1 aliphatic heterocycles. The van der Waals surface area contributed by atoms with E-state index in [4.69, 9.17) is 0 Å². The topological polar surface area (TPSA) is 70.2 Å². The Morgan fingerprint density at radius 3 is 2.54 bits per heavy atom. The Morgan fingerprint density at radius 1 is 1.54 bits per heavy atom. The number of carbonyl (C=O) groups is 2. The molecule has 0 radical (unpaired) electrons. The van der Waals surface area contributed by atoms with Crippen LogP contribution in [0.3, 0.4) is 0 Å². The zero-order chi connectivity index (χ0) is 10.1. The first kappa shape index (κ1) is 9.83. The summed E-state index contributed by atoms with van der Waals surface area (Å²) in [7, 11) is 0. The van der Waals surface area contributed by atoms with Crippen LogP contribution in [0.1, 0.15) is 20.8 Å². The van der Waals surface area contributed by atoms with Gasteiger partial charge >= 0.3 is 6.03 Å². The van der Waals surface area contributed by atoms with E-state index in [0.29, 0.717) is 6.54 Å². The van der Waals surface area contributed by atoms with Gasteiger partial charge in [-0.2, -0.15) is 0 Å². The molecule has 3 amide bonds. The molecule has 5 nitrogen and oxygen atoms in total. The predicted octanol–water partition coefficient (Wildman–Crippen LogP) is -0.417. The summed E-state index contributed by atoms with van der Waals surface area (Å²) in [5, 5.41) is 7.83. The van der Waals surface area contributed by atoms with Gasteiger partial charge in [-0.05, 0) is 20.8 Å². The van der Waals surface area contributed by atoms with Gasteiger partial charge in [0, 0.05) is 12.1 Å². The zero-order valence-corrected chi connectivity index (χ0v) is 8.10. The second-order valence-electron chi connectivity index (χ2n) is 4.15. The minimum absolute atomic E-state index is 0.147. The van der Waals surface area contributed by atoms with Crippen LogP contribution in [0.2, 0.25) is 0 Å². The molecule has 13 heavy (non-hydrogen) atoms. The van der Waals surface area contributed by atoms with Gasteiger partial charge in [0.1, 0.15) is 6.04 Å². The van der Waals surface area contributed by atoms with Crippen LogP contribution in [0.25, 0.3) is 0 Å². The van der Waals surface area contributed by atoms with E-state index < -0.39 is 6.04 Å². The van der Waals surface area contributed by atoms with Crippen LogP contribution in [-0.4, -0.2) is 30.1 Å². The van der Waals surface area contributed by atoms with Crippen molar-refractivity contribution in [1.82, 2.24) is 16.0 Å². The van der Waals surface area contributed by atoms with Gasteiger partial charge in [-0.1, -0.05) is 0 Å². The van der Waals surface area contributed by atoms with Crippen LogP contribution >= 0.6 is 0 Å². The number of rotatable bonds is 1. The van der Waals surface area contributed by atoms with E-state index in [-0.39, 0.29) is 17.5 Å². The summed E-state index contributed by atoms with van der Waals surface area (Å²) in [5.74, 6) is -0.147. The average Bonchev–Trinajstić information content (AvgIpc) is 2.31. The van der Waals surface area contributed by atoms with Crippen molar-refractivity contribution in [2.24, 2.45) is 0 Å². The van der Waals surface area contributed by atoms with Gasteiger partial charge in [0.05, 0.1) is 0 Å². The largest absolute Gasteiger partial charge is 0.350 e. The first-order chi connectivity index (χ1) is 5.88. The molecule has 3 N–H and O–H groups in total. The number of urea groups is 1. The van der Waals surface area contributed by atoms with E-state index in [1.165, 1.54) is 0 Å². The van der Waals surface area contributed by atoms with Crippen molar-refractivity contribution in [3.63, 3.8) is 0 Å². The minimum Gasteiger partial charge on any atom is -0.350 e. The number of hydrogen-bond acceptors (Lipinski definition) is 2. The standard InChI is InChI=1S/C8H15N3O2/c1-8(2,3)11-6(12)5-4-9-7(13)10-5/h5H,4H2,1-3H3,(H,11,12)(H2,9,10,13). The summed E-state index contributed by atoms with van der Waals surface area (Å²) in [6.45, 7) is 6.06. The fraction of sp³-hybridized carbons (Fsp3) is 0.750. The molecule has 5 heteroatoms. The number of carbonyl (C=O) groups excluding carboxylic acids is 2. The van der Waals surface area contributed by atoms with Crippen molar-refractivity contribution in [2.75, 3.05) is 6.54 Å². The lowest BCUT2D eigenvalue weighted by molar-refractivity contribution is -0.123. The van der Waals surface area contributed by atoms with Crippen molar-refractivity contribution in [3.8, 4) is 0 Å². The Balaban J connectivity index is 2.45. The normalized spacial score (nSPS) is 22.1. The minimum atomic E-state index is -0.438. The van der Waals surface area contributed by atoms with Gasteiger partial charge in [-0.15, -0.1) is 0 Å². The second-order valence-corrected chi connectivity index (χ2v) is 4.15. The Morgan fingerprint density at radius 2 is 2.15 bits per heavy atom. The van der Waals surface area contributed by atoms with E-state index in [1.54, 1.807) is 0 Å². The number of amides is 3. The molecule has 1 rings (SSSR count). The lowest BCUT2D eigenvalue weighted by atomic mass is 10.1. The van der Waals surface area contributed by atoms with Crippen LogP contribution in [0.5, 0.6) is 0 Å². The highest BCUT2D eigenvalue weighted by Gasteiger charge is 2.28. The van der Waals surface area contributed by atoms with Crippen molar-refractivity contribution >= 4 is 11.9 Å². The first-order valence-corrected chi connectivity index (χ1v) is 4.25. The van der Waals surface area contributed by atoms with E-state index in [0.717, 1.165) is 0 Å². The fourth-order valence-corrected chi connectivity index (χ4v) is 1.07. The van der Waals surface area contributed by atoms with E-state index >= 15 is 0 Å². The fourth-order valence-electron chi connectivity index (χ4n) is 1.07. The maximum Gasteiger partial charge on any atom is 0.315 e. The van der Waals surface area contributed by atoms with E-state index in [9.17, 15) is 9.59 Å². The quantitative estimate of drug-likeness (QED) is 0.519. The molecule has 0 aliphatic carbocycles. The van der Waals surface area contributed by atoms with Gasteiger partial charge in [0.15, 0.2) is 0 Å². The molecule has 74 valence electrons. The molecule has 1 fully saturated rings. The molecular weight excluding hydrogens is 170 g/mol. The van der Waals surface area contributed by atoms with Crippen molar-refractivity contribution in [2.45, 2.75) is 32.4 Å². The monoisotopic (exact) mass is 185 g/mol. The van der Waals surface area contributed by atoms with Gasteiger partial charge < -0.3 is 16.0 Å². The van der Waals surface area contributed by atoms with E-state index in [2.05, 4.69) is 16.0 Å². The van der Waals surface area contributed by atoms with Crippen LogP contribution in [0.15, 0.2) is 0 Å². The van der Waals surface area contributed by atoms with E-state index in [1.807, 2.05) is 20.8 Å². The molecule has 1 unspecified atom stereocenters. The van der Waals surface area contributed by atoms with Crippen molar-refractivity contribution in [1.29, 1.82) is 0 Å². The smallest absolute Gasteiger partial charge is 0.315 e. The van der Waals surface area contributed by atoms with Crippen LogP contribution < -0.4 is 16.0 Å². The molecule has 0 aromatic carbocycles. The molecular formula is C8H15N3O2. The van der Waals surface area contributed by atoms with Gasteiger partial charge in [-0.3, -0.25) is 4.79 Å². The summed E-state index contributed by atoms with van der Waals surface area (Å²) < 4.78 is 0. The molecule has 0 aromatic heterocycles. The zero-order valence-electron chi connectivity index (χ0n) is 8.10. The first-order valence-electron chi connectivity index (χ1n) is 4.25. The van der Waals surface area contributed by atoms with Crippen molar-refractivity contribution in [3.05, 3.63) is 0 Å². The number of hydrogen-bond donors (Lipinski definition) is 3. The summed E-state index contributed by atoms with van der Waals surface area (Å²) in [4.78, 5) is 22.2. The highest BCUT2D eigenvalue weighted by Crippen LogP contribution is 2.00. The third kappa shape index (κ3) is 2.93. The molecule has 0 spiro atoms. The molecule has 0 bridgehead atoms. The van der Waals surface area contributed by atoms with Crippen LogP contribution in [0.4, 0.5) is 4.79 Å². The Hall–Kier alpha value is -1.26. The Kier molecular flexibility index (Phi) is 2.45. The summed E-state index contributed by atoms with van der Waals surface area (Å²) >= 11 is 0. The summed E-state index contributed by atoms with van der Waals surface area (Å²) in [6, 6.07) is -0.721. The lowest BCUT2D eigenvalue weighted by Gasteiger charge is -2.22. The average molecular weight is 185 g/mol. The molecule has 1 aliphatic rings.